The first kappa shape index (κ1) is 21.1. The van der Waals surface area contributed by atoms with Crippen LogP contribution in [0.1, 0.15) is 34.3 Å². The highest BCUT2D eigenvalue weighted by atomic mass is 35.5. The van der Waals surface area contributed by atoms with Crippen LogP contribution in [-0.4, -0.2) is 34.8 Å². The van der Waals surface area contributed by atoms with E-state index in [0.717, 1.165) is 29.8 Å². The number of carbonyl (C=O) groups excluding carboxylic acids is 1. The van der Waals surface area contributed by atoms with Crippen molar-refractivity contribution in [3.8, 4) is 11.3 Å². The molecule has 3 aromatic rings. The maximum absolute atomic E-state index is 12.9. The fourth-order valence-corrected chi connectivity index (χ4v) is 3.61. The summed E-state index contributed by atoms with van der Waals surface area (Å²) in [7, 11) is 0. The van der Waals surface area contributed by atoms with Crippen molar-refractivity contribution in [3.05, 3.63) is 77.5 Å². The third kappa shape index (κ3) is 5.25. The van der Waals surface area contributed by atoms with E-state index in [1.165, 1.54) is 12.0 Å². The van der Waals surface area contributed by atoms with E-state index in [2.05, 4.69) is 41.8 Å². The largest absolute Gasteiger partial charge is 0.350 e. The number of benzene rings is 2. The molecule has 0 aliphatic carbocycles. The van der Waals surface area contributed by atoms with Gasteiger partial charge in [0, 0.05) is 24.3 Å². The summed E-state index contributed by atoms with van der Waals surface area (Å²) in [4.78, 5) is 12.9. The lowest BCUT2D eigenvalue weighted by molar-refractivity contribution is 0.0951. The summed E-state index contributed by atoms with van der Waals surface area (Å²) < 4.78 is 1.85. The van der Waals surface area contributed by atoms with Gasteiger partial charge in [-0.15, -0.1) is 12.4 Å². The number of amides is 1. The van der Waals surface area contributed by atoms with Crippen molar-refractivity contribution in [1.29, 1.82) is 0 Å². The molecule has 1 unspecified atom stereocenters. The number of rotatable bonds is 6. The quantitative estimate of drug-likeness (QED) is 0.649. The number of hydrogen-bond donors (Lipinski definition) is 2. The minimum atomic E-state index is -0.0661. The maximum atomic E-state index is 12.9. The van der Waals surface area contributed by atoms with Crippen LogP contribution in [0.15, 0.2) is 60.8 Å². The van der Waals surface area contributed by atoms with Gasteiger partial charge in [0.1, 0.15) is 5.69 Å². The number of aryl methyl sites for hydroxylation is 1. The van der Waals surface area contributed by atoms with Crippen LogP contribution in [0, 0.1) is 6.92 Å². The average molecular weight is 411 g/mol. The molecule has 0 radical (unpaired) electrons. The van der Waals surface area contributed by atoms with E-state index in [0.29, 0.717) is 24.7 Å². The Balaban J connectivity index is 0.00000240. The van der Waals surface area contributed by atoms with Crippen LogP contribution in [0.25, 0.3) is 11.3 Å². The summed E-state index contributed by atoms with van der Waals surface area (Å²) in [6.07, 6.45) is 4.14. The van der Waals surface area contributed by atoms with Gasteiger partial charge in [-0.25, -0.2) is 0 Å². The number of hydrogen-bond acceptors (Lipinski definition) is 3. The van der Waals surface area contributed by atoms with E-state index < -0.39 is 0 Å². The standard InChI is InChI=1S/C23H26N4O.ClH/c1-17-9-11-19(12-10-17)22-21(23(28)25-14-20-8-5-13-24-20)16-27(26-22)15-18-6-3-2-4-7-18;/h2-4,6-7,9-12,16,20,24H,5,8,13-15H2,1H3,(H,25,28);1H. The smallest absolute Gasteiger partial charge is 0.255 e. The highest BCUT2D eigenvalue weighted by Crippen LogP contribution is 2.23. The van der Waals surface area contributed by atoms with Gasteiger partial charge in [0.2, 0.25) is 0 Å². The van der Waals surface area contributed by atoms with Crippen LogP contribution in [-0.2, 0) is 6.54 Å². The molecule has 152 valence electrons. The Hall–Kier alpha value is -2.63. The molecule has 0 saturated carbocycles. The Bertz CT molecular complexity index is 931. The minimum Gasteiger partial charge on any atom is -0.350 e. The van der Waals surface area contributed by atoms with Crippen LogP contribution in [0.5, 0.6) is 0 Å². The van der Waals surface area contributed by atoms with Gasteiger partial charge in [0.05, 0.1) is 12.1 Å². The summed E-state index contributed by atoms with van der Waals surface area (Å²) in [6.45, 7) is 4.37. The summed E-state index contributed by atoms with van der Waals surface area (Å²) in [6, 6.07) is 18.7. The van der Waals surface area contributed by atoms with Crippen molar-refractivity contribution in [2.75, 3.05) is 13.1 Å². The zero-order valence-corrected chi connectivity index (χ0v) is 17.4. The molecular formula is C23H27ClN4O. The maximum Gasteiger partial charge on any atom is 0.255 e. The molecule has 1 amide bonds. The van der Waals surface area contributed by atoms with E-state index in [9.17, 15) is 4.79 Å². The van der Waals surface area contributed by atoms with Crippen molar-refractivity contribution < 1.29 is 4.79 Å². The number of halogens is 1. The van der Waals surface area contributed by atoms with Crippen molar-refractivity contribution in [1.82, 2.24) is 20.4 Å². The molecule has 1 aliphatic heterocycles. The average Bonchev–Trinajstić information content (AvgIpc) is 3.38. The minimum absolute atomic E-state index is 0. The number of nitrogens with one attached hydrogen (secondary N) is 2. The van der Waals surface area contributed by atoms with Crippen LogP contribution in [0.3, 0.4) is 0 Å². The molecule has 1 fully saturated rings. The van der Waals surface area contributed by atoms with E-state index >= 15 is 0 Å². The van der Waals surface area contributed by atoms with E-state index in [-0.39, 0.29) is 18.3 Å². The van der Waals surface area contributed by atoms with Crippen molar-refractivity contribution in [2.45, 2.75) is 32.4 Å². The molecule has 1 aliphatic rings. The summed E-state index contributed by atoms with van der Waals surface area (Å²) >= 11 is 0. The second-order valence-electron chi connectivity index (χ2n) is 7.44. The fraction of sp³-hybridized carbons (Fsp3) is 0.304. The van der Waals surface area contributed by atoms with Crippen molar-refractivity contribution in [3.63, 3.8) is 0 Å². The van der Waals surface area contributed by atoms with Crippen LogP contribution >= 0.6 is 12.4 Å². The molecular weight excluding hydrogens is 384 g/mol. The monoisotopic (exact) mass is 410 g/mol. The topological polar surface area (TPSA) is 59.0 Å². The van der Waals surface area contributed by atoms with Gasteiger partial charge in [-0.2, -0.15) is 5.10 Å². The first-order valence-electron chi connectivity index (χ1n) is 9.89. The molecule has 1 saturated heterocycles. The predicted molar refractivity (Wildman–Crippen MR) is 119 cm³/mol. The fourth-order valence-electron chi connectivity index (χ4n) is 3.61. The SMILES string of the molecule is Cc1ccc(-c2nn(Cc3ccccc3)cc2C(=O)NCC2CCCN2)cc1.Cl. The molecule has 6 heteroatoms. The Morgan fingerprint density at radius 1 is 1.17 bits per heavy atom. The van der Waals surface area contributed by atoms with Gasteiger partial charge in [-0.1, -0.05) is 60.2 Å². The first-order chi connectivity index (χ1) is 13.7. The Kier molecular flexibility index (Phi) is 7.07. The normalized spacial score (nSPS) is 15.7. The second kappa shape index (κ2) is 9.72. The molecule has 5 nitrogen and oxygen atoms in total. The van der Waals surface area contributed by atoms with Crippen LogP contribution in [0.2, 0.25) is 0 Å². The number of carbonyl (C=O) groups is 1. The molecule has 1 aromatic heterocycles. The zero-order valence-electron chi connectivity index (χ0n) is 16.6. The lowest BCUT2D eigenvalue weighted by Crippen LogP contribution is -2.37. The summed E-state index contributed by atoms with van der Waals surface area (Å²) in [5.74, 6) is -0.0661. The van der Waals surface area contributed by atoms with Crippen molar-refractivity contribution >= 4 is 18.3 Å². The molecule has 4 rings (SSSR count). The molecule has 0 bridgehead atoms. The Labute approximate surface area is 177 Å². The van der Waals surface area contributed by atoms with Crippen molar-refractivity contribution in [2.24, 2.45) is 0 Å². The van der Waals surface area contributed by atoms with Gasteiger partial charge in [-0.3, -0.25) is 9.48 Å². The summed E-state index contributed by atoms with van der Waals surface area (Å²) in [5.41, 5.74) is 4.65. The van der Waals surface area contributed by atoms with Gasteiger partial charge >= 0.3 is 0 Å². The van der Waals surface area contributed by atoms with Gasteiger partial charge in [-0.05, 0) is 31.9 Å². The number of aromatic nitrogens is 2. The third-order valence-corrected chi connectivity index (χ3v) is 5.19. The molecule has 2 heterocycles. The van der Waals surface area contributed by atoms with E-state index in [4.69, 9.17) is 5.10 Å². The van der Waals surface area contributed by atoms with E-state index in [1.54, 1.807) is 0 Å². The van der Waals surface area contributed by atoms with Gasteiger partial charge in [0.15, 0.2) is 0 Å². The molecule has 1 atom stereocenters. The highest BCUT2D eigenvalue weighted by molar-refractivity contribution is 5.99. The van der Waals surface area contributed by atoms with Crippen LogP contribution < -0.4 is 10.6 Å². The second-order valence-corrected chi connectivity index (χ2v) is 7.44. The molecule has 29 heavy (non-hydrogen) atoms. The third-order valence-electron chi connectivity index (χ3n) is 5.19. The van der Waals surface area contributed by atoms with Crippen LogP contribution in [0.4, 0.5) is 0 Å². The molecule has 2 N–H and O–H groups in total. The van der Waals surface area contributed by atoms with Gasteiger partial charge < -0.3 is 10.6 Å². The molecule has 2 aromatic carbocycles. The lowest BCUT2D eigenvalue weighted by Gasteiger charge is -2.11. The summed E-state index contributed by atoms with van der Waals surface area (Å²) in [5, 5.41) is 11.2. The molecule has 0 spiro atoms. The van der Waals surface area contributed by atoms with Gasteiger partial charge in [0.25, 0.3) is 5.91 Å². The predicted octanol–water partition coefficient (Wildman–Crippen LogP) is 3.81. The zero-order chi connectivity index (χ0) is 19.3. The Morgan fingerprint density at radius 3 is 2.62 bits per heavy atom. The van der Waals surface area contributed by atoms with E-state index in [1.807, 2.05) is 41.2 Å². The number of nitrogens with zero attached hydrogens (tertiary/aromatic N) is 2. The lowest BCUT2D eigenvalue weighted by atomic mass is 10.1. The first-order valence-corrected chi connectivity index (χ1v) is 9.89. The Morgan fingerprint density at radius 2 is 1.93 bits per heavy atom. The highest BCUT2D eigenvalue weighted by Gasteiger charge is 2.20.